The Hall–Kier alpha value is -3.81. The minimum Gasteiger partial charge on any atom is -0.444 e. The summed E-state index contributed by atoms with van der Waals surface area (Å²) in [5.41, 5.74) is 6.51. The van der Waals surface area contributed by atoms with Crippen LogP contribution in [0.25, 0.3) is 11.3 Å². The summed E-state index contributed by atoms with van der Waals surface area (Å²) in [5, 5.41) is 3.15. The number of amides is 2. The van der Waals surface area contributed by atoms with E-state index in [4.69, 9.17) is 9.72 Å². The van der Waals surface area contributed by atoms with E-state index in [0.717, 1.165) is 60.0 Å². The first-order chi connectivity index (χ1) is 19.0. The molecule has 0 unspecified atom stereocenters. The van der Waals surface area contributed by atoms with E-state index in [2.05, 4.69) is 41.5 Å². The standard InChI is InChI=1S/C32H41N5O3/c1-20-7-8-24(30(38)37-18-25(19-37)22-9-11-26(33-6)12-10-22)17-27(20)28-21(2)34-29(35-28)23-13-15-36(16-14-23)31(39)40-32(3,4)5/h7-12,17,23,25,33H,13-16,18-19H2,1-6H3,(H,34,35). The van der Waals surface area contributed by atoms with Crippen LogP contribution in [0.1, 0.15) is 78.5 Å². The predicted octanol–water partition coefficient (Wildman–Crippen LogP) is 6.09. The van der Waals surface area contributed by atoms with Crippen LogP contribution in [-0.2, 0) is 4.74 Å². The lowest BCUT2D eigenvalue weighted by atomic mass is 9.90. The van der Waals surface area contributed by atoms with Crippen molar-refractivity contribution in [3.63, 3.8) is 0 Å². The number of piperidine rings is 1. The van der Waals surface area contributed by atoms with Gasteiger partial charge in [0.2, 0.25) is 0 Å². The molecule has 2 aromatic carbocycles. The van der Waals surface area contributed by atoms with Gasteiger partial charge < -0.3 is 24.8 Å². The minimum atomic E-state index is -0.495. The van der Waals surface area contributed by atoms with E-state index in [0.29, 0.717) is 24.6 Å². The fourth-order valence-electron chi connectivity index (χ4n) is 5.57. The van der Waals surface area contributed by atoms with E-state index < -0.39 is 5.60 Å². The maximum absolute atomic E-state index is 13.4. The van der Waals surface area contributed by atoms with Crippen molar-refractivity contribution < 1.29 is 14.3 Å². The molecule has 2 fully saturated rings. The summed E-state index contributed by atoms with van der Waals surface area (Å²) in [6, 6.07) is 14.4. The predicted molar refractivity (Wildman–Crippen MR) is 158 cm³/mol. The van der Waals surface area contributed by atoms with Crippen LogP contribution in [0.3, 0.4) is 0 Å². The zero-order valence-corrected chi connectivity index (χ0v) is 24.5. The molecule has 2 saturated heterocycles. The van der Waals surface area contributed by atoms with Crippen LogP contribution in [0.15, 0.2) is 42.5 Å². The first-order valence-electron chi connectivity index (χ1n) is 14.2. The number of hydrogen-bond donors (Lipinski definition) is 2. The molecule has 0 bridgehead atoms. The third kappa shape index (κ3) is 5.86. The SMILES string of the molecule is CNc1ccc(C2CN(C(=O)c3ccc(C)c(-c4nc(C5CCN(C(=O)OC(C)(C)C)CC5)[nH]c4C)c3)C2)cc1. The average molecular weight is 544 g/mol. The number of hydrogen-bond acceptors (Lipinski definition) is 5. The van der Waals surface area contributed by atoms with Crippen molar-refractivity contribution >= 4 is 17.7 Å². The Morgan fingerprint density at radius 2 is 1.65 bits per heavy atom. The Kier molecular flexibility index (Phi) is 7.62. The normalized spacial score (nSPS) is 16.6. The molecule has 0 atom stereocenters. The van der Waals surface area contributed by atoms with E-state index in [1.165, 1.54) is 5.56 Å². The molecule has 0 radical (unpaired) electrons. The van der Waals surface area contributed by atoms with E-state index in [9.17, 15) is 9.59 Å². The second-order valence-corrected chi connectivity index (χ2v) is 12.1. The summed E-state index contributed by atoms with van der Waals surface area (Å²) in [6.07, 6.45) is 1.41. The summed E-state index contributed by atoms with van der Waals surface area (Å²) in [6.45, 7) is 12.5. The average Bonchev–Trinajstić information content (AvgIpc) is 3.28. The number of carbonyl (C=O) groups is 2. The van der Waals surface area contributed by atoms with E-state index in [1.807, 2.05) is 57.8 Å². The molecule has 2 N–H and O–H groups in total. The van der Waals surface area contributed by atoms with Crippen LogP contribution in [0.2, 0.25) is 0 Å². The molecule has 2 amide bonds. The number of ether oxygens (including phenoxy) is 1. The lowest BCUT2D eigenvalue weighted by Gasteiger charge is -2.39. The Morgan fingerprint density at radius 1 is 0.975 bits per heavy atom. The van der Waals surface area contributed by atoms with Gasteiger partial charge >= 0.3 is 6.09 Å². The third-order valence-corrected chi connectivity index (χ3v) is 8.02. The van der Waals surface area contributed by atoms with E-state index in [-0.39, 0.29) is 17.9 Å². The Balaban J connectivity index is 1.25. The number of imidazole rings is 1. The van der Waals surface area contributed by atoms with Crippen LogP contribution in [-0.4, -0.2) is 70.6 Å². The first kappa shape index (κ1) is 27.7. The van der Waals surface area contributed by atoms with E-state index in [1.54, 1.807) is 4.90 Å². The molecule has 3 aromatic rings. The number of aromatic nitrogens is 2. The van der Waals surface area contributed by atoms with Gasteiger partial charge in [-0.25, -0.2) is 9.78 Å². The van der Waals surface area contributed by atoms with Crippen molar-refractivity contribution in [2.45, 2.75) is 64.9 Å². The Labute approximate surface area is 237 Å². The van der Waals surface area contributed by atoms with Gasteiger partial charge in [-0.3, -0.25) is 4.79 Å². The highest BCUT2D eigenvalue weighted by Gasteiger charge is 2.33. The van der Waals surface area contributed by atoms with Gasteiger partial charge in [0, 0.05) is 67.6 Å². The molecule has 2 aliphatic heterocycles. The zero-order chi connectivity index (χ0) is 28.6. The summed E-state index contributed by atoms with van der Waals surface area (Å²) in [7, 11) is 1.91. The number of H-pyrrole nitrogens is 1. The van der Waals surface area contributed by atoms with Gasteiger partial charge in [0.25, 0.3) is 5.91 Å². The lowest BCUT2D eigenvalue weighted by molar-refractivity contribution is 0.0203. The van der Waals surface area contributed by atoms with Crippen molar-refractivity contribution in [2.24, 2.45) is 0 Å². The molecule has 1 aromatic heterocycles. The highest BCUT2D eigenvalue weighted by Crippen LogP contribution is 2.34. The number of aryl methyl sites for hydroxylation is 2. The quantitative estimate of drug-likeness (QED) is 0.406. The van der Waals surface area contributed by atoms with Crippen molar-refractivity contribution in [1.29, 1.82) is 0 Å². The molecule has 2 aliphatic rings. The molecule has 0 spiro atoms. The van der Waals surface area contributed by atoms with Gasteiger partial charge in [-0.2, -0.15) is 0 Å². The van der Waals surface area contributed by atoms with Crippen molar-refractivity contribution in [3.05, 3.63) is 70.7 Å². The van der Waals surface area contributed by atoms with Crippen LogP contribution in [0.5, 0.6) is 0 Å². The smallest absolute Gasteiger partial charge is 0.410 e. The third-order valence-electron chi connectivity index (χ3n) is 8.02. The maximum Gasteiger partial charge on any atom is 0.410 e. The van der Waals surface area contributed by atoms with Gasteiger partial charge in [-0.1, -0.05) is 18.2 Å². The molecule has 5 rings (SSSR count). The summed E-state index contributed by atoms with van der Waals surface area (Å²) in [5.74, 6) is 1.63. The number of likely N-dealkylation sites (tertiary alicyclic amines) is 2. The maximum atomic E-state index is 13.4. The number of rotatable bonds is 5. The largest absolute Gasteiger partial charge is 0.444 e. The van der Waals surface area contributed by atoms with Gasteiger partial charge in [0.05, 0.1) is 5.69 Å². The van der Waals surface area contributed by atoms with Gasteiger partial charge in [0.15, 0.2) is 0 Å². The Bertz CT molecular complexity index is 1370. The number of carbonyl (C=O) groups excluding carboxylic acids is 2. The molecule has 0 aliphatic carbocycles. The number of anilines is 1. The monoisotopic (exact) mass is 543 g/mol. The first-order valence-corrected chi connectivity index (χ1v) is 14.2. The van der Waals surface area contributed by atoms with Crippen molar-refractivity contribution in [1.82, 2.24) is 19.8 Å². The lowest BCUT2D eigenvalue weighted by Crippen LogP contribution is -2.48. The van der Waals surface area contributed by atoms with Crippen LogP contribution in [0, 0.1) is 13.8 Å². The molecule has 0 saturated carbocycles. The number of aromatic amines is 1. The van der Waals surface area contributed by atoms with Crippen LogP contribution in [0.4, 0.5) is 10.5 Å². The molecule has 212 valence electrons. The fraction of sp³-hybridized carbons (Fsp3) is 0.469. The molecular formula is C32H41N5O3. The second-order valence-electron chi connectivity index (χ2n) is 12.1. The number of nitrogens with zero attached hydrogens (tertiary/aromatic N) is 3. The highest BCUT2D eigenvalue weighted by molar-refractivity contribution is 5.96. The molecule has 40 heavy (non-hydrogen) atoms. The molecular weight excluding hydrogens is 502 g/mol. The fourth-order valence-corrected chi connectivity index (χ4v) is 5.57. The summed E-state index contributed by atoms with van der Waals surface area (Å²) < 4.78 is 5.54. The number of benzene rings is 2. The van der Waals surface area contributed by atoms with Crippen molar-refractivity contribution in [3.8, 4) is 11.3 Å². The summed E-state index contributed by atoms with van der Waals surface area (Å²) in [4.78, 5) is 38.0. The highest BCUT2D eigenvalue weighted by atomic mass is 16.6. The second kappa shape index (κ2) is 11.0. The van der Waals surface area contributed by atoms with Gasteiger partial charge in [0.1, 0.15) is 11.4 Å². The number of nitrogens with one attached hydrogen (secondary N) is 2. The molecule has 8 heteroatoms. The molecule has 3 heterocycles. The van der Waals surface area contributed by atoms with Crippen LogP contribution < -0.4 is 5.32 Å². The van der Waals surface area contributed by atoms with Crippen molar-refractivity contribution in [2.75, 3.05) is 38.5 Å². The van der Waals surface area contributed by atoms with E-state index >= 15 is 0 Å². The molecule has 8 nitrogen and oxygen atoms in total. The zero-order valence-electron chi connectivity index (χ0n) is 24.5. The Morgan fingerprint density at radius 3 is 2.27 bits per heavy atom. The van der Waals surface area contributed by atoms with Gasteiger partial charge in [-0.15, -0.1) is 0 Å². The van der Waals surface area contributed by atoms with Crippen LogP contribution >= 0.6 is 0 Å². The van der Waals surface area contributed by atoms with Gasteiger partial charge in [-0.05, 0) is 82.9 Å². The minimum absolute atomic E-state index is 0.0623. The topological polar surface area (TPSA) is 90.6 Å². The summed E-state index contributed by atoms with van der Waals surface area (Å²) >= 11 is 0.